The molecule has 0 saturated carbocycles. The van der Waals surface area contributed by atoms with Gasteiger partial charge in [0.25, 0.3) is 0 Å². The van der Waals surface area contributed by atoms with Crippen LogP contribution in [0, 0.1) is 0 Å². The van der Waals surface area contributed by atoms with Crippen LogP contribution in [-0.2, 0) is 4.79 Å². The number of nitrogen functional groups attached to an aromatic ring is 1. The number of thiophene rings is 1. The normalized spacial score (nSPS) is 12.1. The van der Waals surface area contributed by atoms with E-state index in [1.54, 1.807) is 12.1 Å². The van der Waals surface area contributed by atoms with Crippen molar-refractivity contribution in [3.8, 4) is 10.7 Å². The van der Waals surface area contributed by atoms with E-state index in [0.717, 1.165) is 10.4 Å². The molecule has 0 spiro atoms. The van der Waals surface area contributed by atoms with Gasteiger partial charge in [-0.1, -0.05) is 41.6 Å². The zero-order valence-corrected chi connectivity index (χ0v) is 15.7. The highest BCUT2D eigenvalue weighted by molar-refractivity contribution is 7.99. The lowest BCUT2D eigenvalue weighted by molar-refractivity contribution is -0.119. The van der Waals surface area contributed by atoms with Gasteiger partial charge in [0.15, 0.2) is 5.82 Å². The van der Waals surface area contributed by atoms with Crippen LogP contribution in [0.2, 0.25) is 5.02 Å². The summed E-state index contributed by atoms with van der Waals surface area (Å²) in [6, 6.07) is 11.1. The fourth-order valence-electron chi connectivity index (χ4n) is 2.20. The Morgan fingerprint density at radius 3 is 2.80 bits per heavy atom. The summed E-state index contributed by atoms with van der Waals surface area (Å²) in [7, 11) is 0. The third-order valence-corrected chi connectivity index (χ3v) is 5.55. The Hall–Kier alpha value is -2.03. The van der Waals surface area contributed by atoms with Crippen LogP contribution < -0.4 is 11.2 Å². The minimum Gasteiger partial charge on any atom is -0.349 e. The lowest BCUT2D eigenvalue weighted by Crippen LogP contribution is -2.28. The topological polar surface area (TPSA) is 85.8 Å². The number of nitrogens with zero attached hydrogens (tertiary/aromatic N) is 3. The van der Waals surface area contributed by atoms with Gasteiger partial charge in [-0.2, -0.15) is 0 Å². The third kappa shape index (κ3) is 4.33. The first-order valence-electron chi connectivity index (χ1n) is 7.46. The lowest BCUT2D eigenvalue weighted by Gasteiger charge is -2.14. The first-order chi connectivity index (χ1) is 12.0. The summed E-state index contributed by atoms with van der Waals surface area (Å²) in [6.07, 6.45) is 0. The summed E-state index contributed by atoms with van der Waals surface area (Å²) in [4.78, 5) is 13.1. The average molecular weight is 394 g/mol. The van der Waals surface area contributed by atoms with E-state index in [-0.39, 0.29) is 17.7 Å². The predicted octanol–water partition coefficient (Wildman–Crippen LogP) is 3.34. The zero-order chi connectivity index (χ0) is 17.8. The molecule has 0 radical (unpaired) electrons. The molecule has 0 saturated heterocycles. The predicted molar refractivity (Wildman–Crippen MR) is 102 cm³/mol. The molecule has 2 aromatic heterocycles. The van der Waals surface area contributed by atoms with Gasteiger partial charge in [0.1, 0.15) is 0 Å². The van der Waals surface area contributed by atoms with Gasteiger partial charge in [0.2, 0.25) is 11.1 Å². The zero-order valence-electron chi connectivity index (χ0n) is 13.3. The van der Waals surface area contributed by atoms with Gasteiger partial charge < -0.3 is 11.2 Å². The van der Waals surface area contributed by atoms with Gasteiger partial charge in [-0.15, -0.1) is 21.5 Å². The van der Waals surface area contributed by atoms with Crippen molar-refractivity contribution in [2.75, 3.05) is 11.6 Å². The molecule has 3 N–H and O–H groups in total. The van der Waals surface area contributed by atoms with Crippen LogP contribution in [0.4, 0.5) is 0 Å². The third-order valence-electron chi connectivity index (χ3n) is 3.49. The standard InChI is InChI=1S/C16H16ClN5OS2/c1-10(11-4-6-12(17)7-5-11)19-14(23)9-25-16-21-20-15(22(16)18)13-3-2-8-24-13/h2-8,10H,9,18H2,1H3,(H,19,23)/t10-/m1/s1. The number of carbonyl (C=O) groups excluding carboxylic acids is 1. The van der Waals surface area contributed by atoms with Crippen molar-refractivity contribution < 1.29 is 4.79 Å². The first-order valence-corrected chi connectivity index (χ1v) is 9.71. The number of rotatable bonds is 6. The van der Waals surface area contributed by atoms with Crippen LogP contribution in [0.5, 0.6) is 0 Å². The highest BCUT2D eigenvalue weighted by Gasteiger charge is 2.15. The Balaban J connectivity index is 1.56. The second kappa shape index (κ2) is 7.90. The smallest absolute Gasteiger partial charge is 0.230 e. The molecule has 2 heterocycles. The van der Waals surface area contributed by atoms with E-state index in [2.05, 4.69) is 15.5 Å². The molecule has 0 fully saturated rings. The average Bonchev–Trinajstić information content (AvgIpc) is 3.23. The molecule has 0 unspecified atom stereocenters. The van der Waals surface area contributed by atoms with E-state index in [0.29, 0.717) is 16.0 Å². The van der Waals surface area contributed by atoms with Crippen LogP contribution in [0.25, 0.3) is 10.7 Å². The van der Waals surface area contributed by atoms with Gasteiger partial charge in [-0.25, -0.2) is 4.68 Å². The molecule has 0 aliphatic carbocycles. The number of nitrogens with one attached hydrogen (secondary N) is 1. The number of halogens is 1. The quantitative estimate of drug-likeness (QED) is 0.495. The molecule has 130 valence electrons. The van der Waals surface area contributed by atoms with Crippen molar-refractivity contribution in [2.24, 2.45) is 0 Å². The number of carbonyl (C=O) groups is 1. The van der Waals surface area contributed by atoms with Crippen molar-refractivity contribution in [3.63, 3.8) is 0 Å². The van der Waals surface area contributed by atoms with E-state index in [4.69, 9.17) is 17.4 Å². The SMILES string of the molecule is C[C@@H](NC(=O)CSc1nnc(-c2cccs2)n1N)c1ccc(Cl)cc1. The molecule has 0 bridgehead atoms. The highest BCUT2D eigenvalue weighted by atomic mass is 35.5. The van der Waals surface area contributed by atoms with Gasteiger partial charge in [-0.3, -0.25) is 4.79 Å². The Labute approximate surface area is 158 Å². The Morgan fingerprint density at radius 1 is 1.36 bits per heavy atom. The highest BCUT2D eigenvalue weighted by Crippen LogP contribution is 2.25. The maximum atomic E-state index is 12.2. The lowest BCUT2D eigenvalue weighted by atomic mass is 10.1. The molecular weight excluding hydrogens is 378 g/mol. The molecule has 6 nitrogen and oxygen atoms in total. The number of hydrogen-bond donors (Lipinski definition) is 2. The number of nitrogens with two attached hydrogens (primary N) is 1. The fourth-order valence-corrected chi connectivity index (χ4v) is 3.70. The summed E-state index contributed by atoms with van der Waals surface area (Å²) in [5.74, 6) is 6.71. The summed E-state index contributed by atoms with van der Waals surface area (Å²) >= 11 is 8.66. The minimum atomic E-state index is -0.109. The van der Waals surface area contributed by atoms with Crippen molar-refractivity contribution in [2.45, 2.75) is 18.1 Å². The number of thioether (sulfide) groups is 1. The first kappa shape index (κ1) is 17.8. The van der Waals surface area contributed by atoms with Crippen molar-refractivity contribution in [3.05, 3.63) is 52.4 Å². The van der Waals surface area contributed by atoms with Crippen LogP contribution in [-0.4, -0.2) is 26.5 Å². The summed E-state index contributed by atoms with van der Waals surface area (Å²) < 4.78 is 1.41. The molecule has 1 atom stereocenters. The van der Waals surface area contributed by atoms with Crippen molar-refractivity contribution in [1.29, 1.82) is 0 Å². The maximum absolute atomic E-state index is 12.2. The van der Waals surface area contributed by atoms with Crippen LogP contribution in [0.1, 0.15) is 18.5 Å². The molecule has 9 heteroatoms. The molecule has 1 amide bonds. The van der Waals surface area contributed by atoms with Gasteiger partial charge in [0.05, 0.1) is 16.7 Å². The van der Waals surface area contributed by atoms with Crippen molar-refractivity contribution in [1.82, 2.24) is 20.2 Å². The Bertz CT molecular complexity index is 848. The molecule has 0 aliphatic heterocycles. The van der Waals surface area contributed by atoms with Crippen molar-refractivity contribution >= 4 is 40.6 Å². The van der Waals surface area contributed by atoms with Gasteiger partial charge in [0, 0.05) is 5.02 Å². The Kier molecular flexibility index (Phi) is 5.62. The summed E-state index contributed by atoms with van der Waals surface area (Å²) in [6.45, 7) is 1.92. The maximum Gasteiger partial charge on any atom is 0.230 e. The Morgan fingerprint density at radius 2 is 2.12 bits per heavy atom. The van der Waals surface area contributed by atoms with Crippen LogP contribution in [0.3, 0.4) is 0 Å². The molecule has 1 aromatic carbocycles. The monoisotopic (exact) mass is 393 g/mol. The van der Waals surface area contributed by atoms with E-state index < -0.39 is 0 Å². The molecule has 25 heavy (non-hydrogen) atoms. The summed E-state index contributed by atoms with van der Waals surface area (Å²) in [5.41, 5.74) is 0.990. The summed E-state index contributed by atoms with van der Waals surface area (Å²) in [5, 5.41) is 14.2. The second-order valence-electron chi connectivity index (χ2n) is 5.28. The number of hydrogen-bond acceptors (Lipinski definition) is 6. The molecule has 0 aliphatic rings. The van der Waals surface area contributed by atoms with Crippen LogP contribution in [0.15, 0.2) is 46.9 Å². The van der Waals surface area contributed by atoms with Crippen LogP contribution >= 0.6 is 34.7 Å². The molecule has 3 rings (SSSR count). The van der Waals surface area contributed by atoms with E-state index >= 15 is 0 Å². The minimum absolute atomic E-state index is 0.104. The fraction of sp³-hybridized carbons (Fsp3) is 0.188. The molecular formula is C16H16ClN5OS2. The van der Waals surface area contributed by atoms with E-state index in [9.17, 15) is 4.79 Å². The number of amides is 1. The number of aromatic nitrogens is 3. The molecule has 3 aromatic rings. The van der Waals surface area contributed by atoms with Gasteiger partial charge in [-0.05, 0) is 36.1 Å². The van der Waals surface area contributed by atoms with Gasteiger partial charge >= 0.3 is 0 Å². The number of benzene rings is 1. The van der Waals surface area contributed by atoms with E-state index in [1.165, 1.54) is 27.8 Å². The second-order valence-corrected chi connectivity index (χ2v) is 7.61. The van der Waals surface area contributed by atoms with E-state index in [1.807, 2.05) is 36.6 Å². The largest absolute Gasteiger partial charge is 0.349 e.